The normalized spacial score (nSPS) is 17.2. The second-order valence-corrected chi connectivity index (χ2v) is 8.69. The Bertz CT molecular complexity index is 925. The van der Waals surface area contributed by atoms with Crippen molar-refractivity contribution in [1.82, 2.24) is 4.98 Å². The standard InChI is InChI=1S/C16H18FN3O3S2/c1-2-9-3-6-13-14(7-9)24-16(19-13)20-15(21)11-5-4-10(8-12(11)17)25(18,22)23/h4-5,8-9H,2-3,6-7H2,1H3,(H2,18,22,23)(H,19,20,21)/t9-/m1/s1. The lowest BCUT2D eigenvalue weighted by Gasteiger charge is -2.18. The number of sulfonamides is 1. The van der Waals surface area contributed by atoms with E-state index in [-0.39, 0.29) is 10.5 Å². The average molecular weight is 383 g/mol. The van der Waals surface area contributed by atoms with Gasteiger partial charge in [-0.2, -0.15) is 0 Å². The van der Waals surface area contributed by atoms with Crippen LogP contribution in [0.5, 0.6) is 0 Å². The smallest absolute Gasteiger partial charge is 0.260 e. The topological polar surface area (TPSA) is 102 Å². The summed E-state index contributed by atoms with van der Waals surface area (Å²) in [6.07, 6.45) is 4.04. The summed E-state index contributed by atoms with van der Waals surface area (Å²) in [5.41, 5.74) is 0.738. The van der Waals surface area contributed by atoms with Crippen molar-refractivity contribution in [1.29, 1.82) is 0 Å². The van der Waals surface area contributed by atoms with Crippen LogP contribution in [0.1, 0.15) is 40.7 Å². The van der Waals surface area contributed by atoms with Crippen LogP contribution in [0.25, 0.3) is 0 Å². The summed E-state index contributed by atoms with van der Waals surface area (Å²) in [5, 5.41) is 7.98. The van der Waals surface area contributed by atoms with Crippen molar-refractivity contribution < 1.29 is 17.6 Å². The van der Waals surface area contributed by atoms with Crippen molar-refractivity contribution in [3.8, 4) is 0 Å². The first kappa shape index (κ1) is 18.0. The number of hydrogen-bond acceptors (Lipinski definition) is 5. The van der Waals surface area contributed by atoms with Crippen LogP contribution in [-0.4, -0.2) is 19.3 Å². The molecule has 1 aromatic carbocycles. The summed E-state index contributed by atoms with van der Waals surface area (Å²) in [7, 11) is -4.02. The lowest BCUT2D eigenvalue weighted by Crippen LogP contribution is -2.16. The molecule has 2 aromatic rings. The molecule has 1 aromatic heterocycles. The summed E-state index contributed by atoms with van der Waals surface area (Å²) in [4.78, 5) is 17.5. The maximum Gasteiger partial charge on any atom is 0.260 e. The summed E-state index contributed by atoms with van der Waals surface area (Å²) in [6, 6.07) is 2.94. The summed E-state index contributed by atoms with van der Waals surface area (Å²) in [5.74, 6) is -0.979. The molecule has 1 heterocycles. The predicted octanol–water partition coefficient (Wildman–Crippen LogP) is 2.70. The Morgan fingerprint density at radius 2 is 2.24 bits per heavy atom. The molecule has 0 bridgehead atoms. The van der Waals surface area contributed by atoms with Crippen molar-refractivity contribution >= 4 is 32.4 Å². The van der Waals surface area contributed by atoms with E-state index in [1.165, 1.54) is 16.2 Å². The Morgan fingerprint density at radius 3 is 2.88 bits per heavy atom. The van der Waals surface area contributed by atoms with Crippen LogP contribution in [0.3, 0.4) is 0 Å². The minimum absolute atomic E-state index is 0.257. The van der Waals surface area contributed by atoms with E-state index < -0.39 is 21.7 Å². The van der Waals surface area contributed by atoms with Gasteiger partial charge in [0.2, 0.25) is 10.0 Å². The van der Waals surface area contributed by atoms with Gasteiger partial charge < -0.3 is 0 Å². The van der Waals surface area contributed by atoms with Crippen LogP contribution in [-0.2, 0) is 22.9 Å². The Balaban J connectivity index is 1.78. The quantitative estimate of drug-likeness (QED) is 0.847. The van der Waals surface area contributed by atoms with Gasteiger partial charge in [-0.05, 0) is 43.4 Å². The number of aryl methyl sites for hydroxylation is 1. The number of rotatable bonds is 4. The number of nitrogens with zero attached hydrogens (tertiary/aromatic N) is 1. The first-order chi connectivity index (χ1) is 11.8. The molecule has 25 heavy (non-hydrogen) atoms. The fraction of sp³-hybridized carbons (Fsp3) is 0.375. The van der Waals surface area contributed by atoms with Gasteiger partial charge in [0.1, 0.15) is 5.82 Å². The van der Waals surface area contributed by atoms with Gasteiger partial charge in [0.05, 0.1) is 16.2 Å². The van der Waals surface area contributed by atoms with E-state index >= 15 is 0 Å². The van der Waals surface area contributed by atoms with Crippen LogP contribution < -0.4 is 10.5 Å². The van der Waals surface area contributed by atoms with E-state index in [2.05, 4.69) is 17.2 Å². The zero-order valence-corrected chi connectivity index (χ0v) is 15.2. The van der Waals surface area contributed by atoms with Gasteiger partial charge in [0.15, 0.2) is 5.13 Å². The molecule has 0 spiro atoms. The highest BCUT2D eigenvalue weighted by atomic mass is 32.2. The van der Waals surface area contributed by atoms with E-state index in [0.29, 0.717) is 11.0 Å². The number of thiazole rings is 1. The molecule has 1 aliphatic carbocycles. The summed E-state index contributed by atoms with van der Waals surface area (Å²) in [6.45, 7) is 2.16. The molecule has 134 valence electrons. The lowest BCUT2D eigenvalue weighted by molar-refractivity contribution is 0.102. The summed E-state index contributed by atoms with van der Waals surface area (Å²) < 4.78 is 36.5. The molecule has 6 nitrogen and oxygen atoms in total. The molecule has 0 radical (unpaired) electrons. The number of anilines is 1. The average Bonchev–Trinajstić information content (AvgIpc) is 2.94. The van der Waals surface area contributed by atoms with Crippen LogP contribution in [0.15, 0.2) is 23.1 Å². The van der Waals surface area contributed by atoms with E-state index in [1.54, 1.807) is 0 Å². The van der Waals surface area contributed by atoms with Crippen molar-refractivity contribution in [2.75, 3.05) is 5.32 Å². The highest BCUT2D eigenvalue weighted by Gasteiger charge is 2.23. The van der Waals surface area contributed by atoms with Gasteiger partial charge in [-0.1, -0.05) is 13.3 Å². The predicted molar refractivity (Wildman–Crippen MR) is 93.6 cm³/mol. The third-order valence-electron chi connectivity index (χ3n) is 4.35. The summed E-state index contributed by atoms with van der Waals surface area (Å²) >= 11 is 1.41. The van der Waals surface area contributed by atoms with Crippen molar-refractivity contribution in [2.24, 2.45) is 11.1 Å². The van der Waals surface area contributed by atoms with Gasteiger partial charge in [-0.15, -0.1) is 11.3 Å². The molecule has 1 amide bonds. The number of nitrogens with two attached hydrogens (primary N) is 1. The van der Waals surface area contributed by atoms with Gasteiger partial charge in [0.25, 0.3) is 5.91 Å². The molecule has 1 atom stereocenters. The van der Waals surface area contributed by atoms with E-state index in [1.807, 2.05) is 0 Å². The third kappa shape index (κ3) is 3.88. The molecule has 1 aliphatic rings. The maximum atomic E-state index is 14.1. The van der Waals surface area contributed by atoms with Gasteiger partial charge in [0, 0.05) is 4.88 Å². The fourth-order valence-corrected chi connectivity index (χ4v) is 4.51. The van der Waals surface area contributed by atoms with Gasteiger partial charge >= 0.3 is 0 Å². The second kappa shape index (κ2) is 6.81. The van der Waals surface area contributed by atoms with Crippen LogP contribution >= 0.6 is 11.3 Å². The molecule has 0 unspecified atom stereocenters. The number of halogens is 1. The Labute approximate surface area is 149 Å². The van der Waals surface area contributed by atoms with Crippen LogP contribution in [0, 0.1) is 11.7 Å². The number of aromatic nitrogens is 1. The zero-order valence-electron chi connectivity index (χ0n) is 13.6. The molecule has 0 fully saturated rings. The Morgan fingerprint density at radius 1 is 1.48 bits per heavy atom. The van der Waals surface area contributed by atoms with E-state index in [0.717, 1.165) is 49.6 Å². The van der Waals surface area contributed by atoms with Crippen LogP contribution in [0.4, 0.5) is 9.52 Å². The number of amides is 1. The first-order valence-corrected chi connectivity index (χ1v) is 10.3. The third-order valence-corrected chi connectivity index (χ3v) is 6.30. The number of benzene rings is 1. The number of primary sulfonamides is 1. The zero-order chi connectivity index (χ0) is 18.2. The number of nitrogens with one attached hydrogen (secondary N) is 1. The molecule has 3 N–H and O–H groups in total. The highest BCUT2D eigenvalue weighted by Crippen LogP contribution is 2.33. The molecule has 0 aliphatic heterocycles. The highest BCUT2D eigenvalue weighted by molar-refractivity contribution is 7.89. The maximum absolute atomic E-state index is 14.1. The van der Waals surface area contributed by atoms with Crippen LogP contribution in [0.2, 0.25) is 0 Å². The molecular weight excluding hydrogens is 365 g/mol. The van der Waals surface area contributed by atoms with Crippen molar-refractivity contribution in [3.05, 3.63) is 40.2 Å². The minimum Gasteiger partial charge on any atom is -0.298 e. The largest absolute Gasteiger partial charge is 0.298 e. The molecule has 9 heteroatoms. The number of carbonyl (C=O) groups excluding carboxylic acids is 1. The number of hydrogen-bond donors (Lipinski definition) is 2. The second-order valence-electron chi connectivity index (χ2n) is 6.05. The van der Waals surface area contributed by atoms with Crippen molar-refractivity contribution in [3.63, 3.8) is 0 Å². The molecule has 0 saturated carbocycles. The minimum atomic E-state index is -4.02. The molecule has 3 rings (SSSR count). The SMILES string of the molecule is CC[C@@H]1CCc2nc(NC(=O)c3ccc(S(N)(=O)=O)cc3F)sc2C1. The van der Waals surface area contributed by atoms with Crippen molar-refractivity contribution in [2.45, 2.75) is 37.5 Å². The number of fused-ring (bicyclic) bond motifs is 1. The fourth-order valence-electron chi connectivity index (χ4n) is 2.87. The Kier molecular flexibility index (Phi) is 4.90. The van der Waals surface area contributed by atoms with E-state index in [4.69, 9.17) is 5.14 Å². The lowest BCUT2D eigenvalue weighted by atomic mass is 9.89. The molecule has 0 saturated heterocycles. The number of carbonyl (C=O) groups is 1. The Hall–Kier alpha value is -1.84. The van der Waals surface area contributed by atoms with E-state index in [9.17, 15) is 17.6 Å². The van der Waals surface area contributed by atoms with Gasteiger partial charge in [-0.3, -0.25) is 10.1 Å². The molecular formula is C16H18FN3O3S2. The van der Waals surface area contributed by atoms with Gasteiger partial charge in [-0.25, -0.2) is 22.9 Å². The first-order valence-electron chi connectivity index (χ1n) is 7.90. The monoisotopic (exact) mass is 383 g/mol.